The van der Waals surface area contributed by atoms with Crippen molar-refractivity contribution in [2.75, 3.05) is 6.54 Å². The topological polar surface area (TPSA) is 85.1 Å². The number of halogens is 2. The van der Waals surface area contributed by atoms with Gasteiger partial charge >= 0.3 is 0 Å². The van der Waals surface area contributed by atoms with Gasteiger partial charge in [-0.3, -0.25) is 14.6 Å². The van der Waals surface area contributed by atoms with Crippen LogP contribution in [0.3, 0.4) is 0 Å². The van der Waals surface area contributed by atoms with Crippen LogP contribution in [0.1, 0.15) is 57.1 Å². The number of hydrogen-bond acceptors (Lipinski definition) is 4. The molecule has 7 heteroatoms. The average molecular weight is 496 g/mol. The maximum Gasteiger partial charge on any atom is 0.230 e. The van der Waals surface area contributed by atoms with Crippen molar-refractivity contribution in [3.63, 3.8) is 0 Å². The van der Waals surface area contributed by atoms with Gasteiger partial charge in [0.25, 0.3) is 0 Å². The van der Waals surface area contributed by atoms with Gasteiger partial charge in [0.05, 0.1) is 5.41 Å². The minimum atomic E-state index is -1.03. The van der Waals surface area contributed by atoms with Crippen molar-refractivity contribution in [2.45, 2.75) is 63.8 Å². The zero-order valence-corrected chi connectivity index (χ0v) is 21.0. The molecule has 1 amide bonds. The number of benzene rings is 1. The Hall–Kier alpha value is -2.67. The van der Waals surface area contributed by atoms with Gasteiger partial charge in [-0.1, -0.05) is 6.07 Å². The highest BCUT2D eigenvalue weighted by Crippen LogP contribution is 2.63. The number of carbonyl (C=O) groups excluding carboxylic acids is 2. The van der Waals surface area contributed by atoms with Crippen LogP contribution >= 0.6 is 0 Å². The van der Waals surface area contributed by atoms with E-state index in [2.05, 4.69) is 10.3 Å². The molecule has 4 bridgehead atoms. The number of hydrogen-bond donors (Lipinski definition) is 2. The lowest BCUT2D eigenvalue weighted by Gasteiger charge is -2.60. The summed E-state index contributed by atoms with van der Waals surface area (Å²) in [6.07, 6.45) is 8.90. The Balaban J connectivity index is 1.23. The minimum Gasteiger partial charge on any atom is -0.354 e. The second-order valence-electron chi connectivity index (χ2n) is 11.9. The van der Waals surface area contributed by atoms with E-state index >= 15 is 0 Å². The van der Waals surface area contributed by atoms with Gasteiger partial charge in [0.1, 0.15) is 5.78 Å². The fraction of sp³-hybridized carbons (Fsp3) is 0.552. The van der Waals surface area contributed by atoms with E-state index in [0.717, 1.165) is 49.8 Å². The van der Waals surface area contributed by atoms with E-state index in [1.807, 2.05) is 12.1 Å². The van der Waals surface area contributed by atoms with Crippen molar-refractivity contribution < 1.29 is 18.4 Å². The highest BCUT2D eigenvalue weighted by molar-refractivity contribution is 5.88. The predicted octanol–water partition coefficient (Wildman–Crippen LogP) is 4.34. The summed E-state index contributed by atoms with van der Waals surface area (Å²) in [5.74, 6) is -0.183. The highest BCUT2D eigenvalue weighted by atomic mass is 19.2. The lowest BCUT2D eigenvalue weighted by atomic mass is 9.44. The molecule has 3 atom stereocenters. The summed E-state index contributed by atoms with van der Waals surface area (Å²) in [6, 6.07) is 7.19. The summed E-state index contributed by atoms with van der Waals surface area (Å²) >= 11 is 0. The van der Waals surface area contributed by atoms with Gasteiger partial charge < -0.3 is 11.1 Å². The van der Waals surface area contributed by atoms with E-state index in [4.69, 9.17) is 5.73 Å². The average Bonchev–Trinajstić information content (AvgIpc) is 2.84. The zero-order chi connectivity index (χ0) is 25.7. The third-order valence-corrected chi connectivity index (χ3v) is 9.25. The van der Waals surface area contributed by atoms with Gasteiger partial charge in [0.2, 0.25) is 5.91 Å². The first kappa shape index (κ1) is 25.0. The Morgan fingerprint density at radius 3 is 2.39 bits per heavy atom. The largest absolute Gasteiger partial charge is 0.354 e. The second kappa shape index (κ2) is 9.33. The Morgan fingerprint density at radius 2 is 1.75 bits per heavy atom. The lowest BCUT2D eigenvalue weighted by Crippen LogP contribution is -2.60. The molecule has 1 aromatic carbocycles. The fourth-order valence-electron chi connectivity index (χ4n) is 7.56. The molecular formula is C29H35F2N3O2. The first-order chi connectivity index (χ1) is 17.1. The summed E-state index contributed by atoms with van der Waals surface area (Å²) in [7, 11) is 0. The van der Waals surface area contributed by atoms with Gasteiger partial charge in [-0.15, -0.1) is 0 Å². The SMILES string of the molecule is CC(C)(C(=O)NCC(N)C1C2CC3CC1CC(C(=O)Cc1ccncc1)(C3)C2)c1ccc(F)c(F)c1. The Labute approximate surface area is 211 Å². The van der Waals surface area contributed by atoms with Gasteiger partial charge in [0, 0.05) is 36.8 Å². The van der Waals surface area contributed by atoms with Crippen molar-refractivity contribution in [2.24, 2.45) is 34.8 Å². The standard InChI is InChI=1S/C29H35F2N3O2/c1-28(2,21-3-4-22(30)23(31)12-21)27(36)34-16-24(32)26-19-9-18-10-20(26)15-29(13-18,14-19)25(35)11-17-5-7-33-8-6-17/h3-8,12,18-20,24,26H,9-11,13-16,32H2,1-2H3,(H,34,36). The number of rotatable bonds is 8. The molecule has 3 unspecified atom stereocenters. The summed E-state index contributed by atoms with van der Waals surface area (Å²) in [5.41, 5.74) is 6.86. The van der Waals surface area contributed by atoms with Crippen LogP contribution in [0.4, 0.5) is 8.78 Å². The van der Waals surface area contributed by atoms with Gasteiger partial charge in [0.15, 0.2) is 11.6 Å². The number of nitrogens with two attached hydrogens (primary N) is 1. The van der Waals surface area contributed by atoms with Gasteiger partial charge in [-0.25, -0.2) is 8.78 Å². The first-order valence-electron chi connectivity index (χ1n) is 13.0. The Kier molecular flexibility index (Phi) is 6.48. The fourth-order valence-corrected chi connectivity index (χ4v) is 7.56. The van der Waals surface area contributed by atoms with E-state index in [0.29, 0.717) is 42.1 Å². The molecular weight excluding hydrogens is 460 g/mol. The number of pyridine rings is 1. The monoisotopic (exact) mass is 495 g/mol. The maximum absolute atomic E-state index is 13.8. The molecule has 4 fully saturated rings. The van der Waals surface area contributed by atoms with E-state index in [-0.39, 0.29) is 23.3 Å². The first-order valence-corrected chi connectivity index (χ1v) is 13.0. The van der Waals surface area contributed by atoms with Crippen LogP contribution in [0.2, 0.25) is 0 Å². The van der Waals surface area contributed by atoms with E-state index < -0.39 is 17.0 Å². The van der Waals surface area contributed by atoms with Crippen LogP contribution in [-0.4, -0.2) is 29.3 Å². The normalized spacial score (nSPS) is 29.7. The molecule has 0 radical (unpaired) electrons. The van der Waals surface area contributed by atoms with Crippen molar-refractivity contribution in [3.8, 4) is 0 Å². The van der Waals surface area contributed by atoms with Crippen LogP contribution in [0.25, 0.3) is 0 Å². The minimum absolute atomic E-state index is 0.211. The molecule has 0 spiro atoms. The molecule has 6 rings (SSSR count). The van der Waals surface area contributed by atoms with Crippen LogP contribution in [0.15, 0.2) is 42.7 Å². The number of nitrogens with one attached hydrogen (secondary N) is 1. The smallest absolute Gasteiger partial charge is 0.230 e. The van der Waals surface area contributed by atoms with Gasteiger partial charge in [-0.05, 0) is 105 Å². The van der Waals surface area contributed by atoms with Crippen molar-refractivity contribution in [1.82, 2.24) is 10.3 Å². The molecule has 36 heavy (non-hydrogen) atoms. The molecule has 4 aliphatic carbocycles. The summed E-state index contributed by atoms with van der Waals surface area (Å²) in [6.45, 7) is 3.72. The molecule has 1 heterocycles. The van der Waals surface area contributed by atoms with Crippen LogP contribution in [-0.2, 0) is 21.4 Å². The van der Waals surface area contributed by atoms with E-state index in [9.17, 15) is 18.4 Å². The third kappa shape index (κ3) is 4.47. The van der Waals surface area contributed by atoms with Crippen molar-refractivity contribution in [3.05, 3.63) is 65.5 Å². The maximum atomic E-state index is 13.8. The molecule has 5 nitrogen and oxygen atoms in total. The lowest BCUT2D eigenvalue weighted by molar-refractivity contribution is -0.151. The summed E-state index contributed by atoms with van der Waals surface area (Å²) in [5, 5.41) is 2.98. The van der Waals surface area contributed by atoms with Crippen LogP contribution in [0, 0.1) is 40.7 Å². The number of ketones is 1. The zero-order valence-electron chi connectivity index (χ0n) is 21.0. The number of aromatic nitrogens is 1. The molecule has 3 N–H and O–H groups in total. The molecule has 2 aromatic rings. The molecule has 4 aliphatic rings. The number of carbonyl (C=O) groups is 2. The quantitative estimate of drug-likeness (QED) is 0.571. The molecule has 192 valence electrons. The van der Waals surface area contributed by atoms with E-state index in [1.165, 1.54) is 6.07 Å². The molecule has 1 aromatic heterocycles. The summed E-state index contributed by atoms with van der Waals surface area (Å²) in [4.78, 5) is 30.6. The Morgan fingerprint density at radius 1 is 1.08 bits per heavy atom. The van der Waals surface area contributed by atoms with Crippen molar-refractivity contribution >= 4 is 11.7 Å². The van der Waals surface area contributed by atoms with Crippen LogP contribution < -0.4 is 11.1 Å². The number of amides is 1. The second-order valence-corrected chi connectivity index (χ2v) is 11.9. The van der Waals surface area contributed by atoms with Crippen molar-refractivity contribution in [1.29, 1.82) is 0 Å². The summed E-state index contributed by atoms with van der Waals surface area (Å²) < 4.78 is 27.1. The third-order valence-electron chi connectivity index (χ3n) is 9.25. The number of Topliss-reactive ketones (excluding diaryl/α,β-unsaturated/α-hetero) is 1. The Bertz CT molecular complexity index is 1140. The predicted molar refractivity (Wildman–Crippen MR) is 133 cm³/mol. The van der Waals surface area contributed by atoms with Gasteiger partial charge in [-0.2, -0.15) is 0 Å². The molecule has 0 aliphatic heterocycles. The molecule has 0 saturated heterocycles. The van der Waals surface area contributed by atoms with E-state index in [1.54, 1.807) is 26.2 Å². The van der Waals surface area contributed by atoms with Crippen LogP contribution in [0.5, 0.6) is 0 Å². The number of nitrogens with zero attached hydrogens (tertiary/aromatic N) is 1. The highest BCUT2D eigenvalue weighted by Gasteiger charge is 2.58. The molecule has 4 saturated carbocycles.